The van der Waals surface area contributed by atoms with Crippen LogP contribution in [0.5, 0.6) is 5.75 Å². The molecule has 0 saturated carbocycles. The van der Waals surface area contributed by atoms with Crippen LogP contribution in [0.4, 0.5) is 4.39 Å². The van der Waals surface area contributed by atoms with Crippen LogP contribution in [0.2, 0.25) is 5.02 Å². The van der Waals surface area contributed by atoms with E-state index in [0.717, 1.165) is 5.56 Å². The monoisotopic (exact) mass is 348 g/mol. The molecule has 0 fully saturated rings. The SMILES string of the molecule is O=C(COC(=O)[C@H]1COc2ccc(Cl)cc2C1)c1ccc(F)cc1. The second kappa shape index (κ2) is 7.01. The molecular formula is C18H14ClFO4. The fourth-order valence-electron chi connectivity index (χ4n) is 2.49. The molecule has 1 heterocycles. The molecule has 24 heavy (non-hydrogen) atoms. The van der Waals surface area contributed by atoms with E-state index in [9.17, 15) is 14.0 Å². The third-order valence-corrected chi connectivity index (χ3v) is 4.01. The highest BCUT2D eigenvalue weighted by atomic mass is 35.5. The Balaban J connectivity index is 1.58. The predicted octanol–water partition coefficient (Wildman–Crippen LogP) is 3.46. The minimum Gasteiger partial charge on any atom is -0.492 e. The molecule has 0 spiro atoms. The molecule has 2 aromatic carbocycles. The summed E-state index contributed by atoms with van der Waals surface area (Å²) in [6.07, 6.45) is 0.444. The highest BCUT2D eigenvalue weighted by Gasteiger charge is 2.28. The second-order valence-electron chi connectivity index (χ2n) is 5.50. The van der Waals surface area contributed by atoms with Gasteiger partial charge in [-0.2, -0.15) is 0 Å². The smallest absolute Gasteiger partial charge is 0.313 e. The molecule has 1 aliphatic rings. The molecule has 0 amide bonds. The number of ether oxygens (including phenoxy) is 2. The van der Waals surface area contributed by atoms with Crippen molar-refractivity contribution in [1.82, 2.24) is 0 Å². The van der Waals surface area contributed by atoms with Gasteiger partial charge in [0.2, 0.25) is 0 Å². The minimum absolute atomic E-state index is 0.193. The Kier molecular flexibility index (Phi) is 4.81. The molecule has 1 aliphatic heterocycles. The average Bonchev–Trinajstić information content (AvgIpc) is 2.59. The van der Waals surface area contributed by atoms with E-state index in [0.29, 0.717) is 22.8 Å². The minimum atomic E-state index is -0.504. The number of hydrogen-bond donors (Lipinski definition) is 0. The van der Waals surface area contributed by atoms with Crippen LogP contribution < -0.4 is 4.74 Å². The summed E-state index contributed by atoms with van der Waals surface area (Å²) in [7, 11) is 0. The van der Waals surface area contributed by atoms with E-state index in [-0.39, 0.29) is 19.0 Å². The summed E-state index contributed by atoms with van der Waals surface area (Å²) in [4.78, 5) is 24.1. The summed E-state index contributed by atoms with van der Waals surface area (Å²) in [6, 6.07) is 10.3. The van der Waals surface area contributed by atoms with Crippen LogP contribution in [0.25, 0.3) is 0 Å². The number of carbonyl (C=O) groups excluding carboxylic acids is 2. The van der Waals surface area contributed by atoms with Crippen molar-refractivity contribution in [2.24, 2.45) is 5.92 Å². The van der Waals surface area contributed by atoms with Crippen LogP contribution in [0.15, 0.2) is 42.5 Å². The van der Waals surface area contributed by atoms with Crippen LogP contribution in [-0.4, -0.2) is 25.0 Å². The first-order chi connectivity index (χ1) is 11.5. The molecule has 0 unspecified atom stereocenters. The molecule has 0 aromatic heterocycles. The third kappa shape index (κ3) is 3.74. The van der Waals surface area contributed by atoms with Gasteiger partial charge in [0.15, 0.2) is 12.4 Å². The molecule has 6 heteroatoms. The molecule has 3 rings (SSSR count). The van der Waals surface area contributed by atoms with E-state index in [1.54, 1.807) is 18.2 Å². The van der Waals surface area contributed by atoms with Crippen molar-refractivity contribution < 1.29 is 23.5 Å². The van der Waals surface area contributed by atoms with Crippen LogP contribution in [0.3, 0.4) is 0 Å². The zero-order valence-corrected chi connectivity index (χ0v) is 13.4. The van der Waals surface area contributed by atoms with Crippen molar-refractivity contribution in [2.45, 2.75) is 6.42 Å². The van der Waals surface area contributed by atoms with Gasteiger partial charge >= 0.3 is 5.97 Å². The fraction of sp³-hybridized carbons (Fsp3) is 0.222. The largest absolute Gasteiger partial charge is 0.492 e. The second-order valence-corrected chi connectivity index (χ2v) is 5.94. The highest BCUT2D eigenvalue weighted by molar-refractivity contribution is 6.30. The molecule has 0 N–H and O–H groups in total. The predicted molar refractivity (Wildman–Crippen MR) is 85.8 cm³/mol. The van der Waals surface area contributed by atoms with Crippen molar-refractivity contribution in [3.05, 3.63) is 64.4 Å². The molecule has 4 nitrogen and oxygen atoms in total. The number of benzene rings is 2. The fourth-order valence-corrected chi connectivity index (χ4v) is 2.68. The third-order valence-electron chi connectivity index (χ3n) is 3.77. The summed E-state index contributed by atoms with van der Waals surface area (Å²) < 4.78 is 23.4. The van der Waals surface area contributed by atoms with Gasteiger partial charge in [0, 0.05) is 10.6 Å². The van der Waals surface area contributed by atoms with Crippen molar-refractivity contribution >= 4 is 23.4 Å². The lowest BCUT2D eigenvalue weighted by Gasteiger charge is -2.24. The number of Topliss-reactive ketones (excluding diaryl/α,β-unsaturated/α-hetero) is 1. The number of carbonyl (C=O) groups is 2. The Morgan fingerprint density at radius 1 is 1.21 bits per heavy atom. The van der Waals surface area contributed by atoms with Crippen LogP contribution in [0, 0.1) is 11.7 Å². The van der Waals surface area contributed by atoms with Gasteiger partial charge in [-0.25, -0.2) is 4.39 Å². The summed E-state index contributed by atoms with van der Waals surface area (Å²) >= 11 is 5.94. The number of rotatable bonds is 4. The number of hydrogen-bond acceptors (Lipinski definition) is 4. The maximum atomic E-state index is 12.8. The number of ketones is 1. The molecule has 1 atom stereocenters. The van der Waals surface area contributed by atoms with Crippen LogP contribution >= 0.6 is 11.6 Å². The summed E-state index contributed by atoms with van der Waals surface area (Å²) in [5.41, 5.74) is 1.13. The Hall–Kier alpha value is -2.40. The Morgan fingerprint density at radius 2 is 1.96 bits per heavy atom. The van der Waals surface area contributed by atoms with E-state index in [2.05, 4.69) is 0 Å². The van der Waals surface area contributed by atoms with Crippen molar-refractivity contribution in [2.75, 3.05) is 13.2 Å². The van der Waals surface area contributed by atoms with Gasteiger partial charge in [-0.1, -0.05) is 11.6 Å². The van der Waals surface area contributed by atoms with Crippen molar-refractivity contribution in [1.29, 1.82) is 0 Å². The summed E-state index contributed by atoms with van der Waals surface area (Å²) in [6.45, 7) is -0.193. The average molecular weight is 349 g/mol. The zero-order valence-electron chi connectivity index (χ0n) is 12.6. The molecular weight excluding hydrogens is 335 g/mol. The molecule has 0 aliphatic carbocycles. The molecule has 0 saturated heterocycles. The van der Waals surface area contributed by atoms with Gasteiger partial charge in [-0.15, -0.1) is 0 Å². The Bertz CT molecular complexity index is 773. The maximum absolute atomic E-state index is 12.8. The lowest BCUT2D eigenvalue weighted by Crippen LogP contribution is -2.31. The van der Waals surface area contributed by atoms with Gasteiger partial charge < -0.3 is 9.47 Å². The van der Waals surface area contributed by atoms with Crippen molar-refractivity contribution in [3.8, 4) is 5.75 Å². The van der Waals surface area contributed by atoms with Gasteiger partial charge in [0.25, 0.3) is 0 Å². The summed E-state index contributed by atoms with van der Waals surface area (Å²) in [5.74, 6) is -1.11. The Labute approximate surface area is 143 Å². The lowest BCUT2D eigenvalue weighted by molar-refractivity contribution is -0.148. The van der Waals surface area contributed by atoms with Gasteiger partial charge in [0.1, 0.15) is 18.2 Å². The van der Waals surface area contributed by atoms with E-state index >= 15 is 0 Å². The van der Waals surface area contributed by atoms with E-state index in [1.165, 1.54) is 24.3 Å². The van der Waals surface area contributed by atoms with Crippen molar-refractivity contribution in [3.63, 3.8) is 0 Å². The molecule has 2 aromatic rings. The first-order valence-corrected chi connectivity index (χ1v) is 7.77. The lowest BCUT2D eigenvalue weighted by atomic mass is 9.97. The van der Waals surface area contributed by atoms with E-state index in [1.807, 2.05) is 0 Å². The normalized spacial score (nSPS) is 16.0. The first-order valence-electron chi connectivity index (χ1n) is 7.39. The highest BCUT2D eigenvalue weighted by Crippen LogP contribution is 2.30. The van der Waals surface area contributed by atoms with E-state index < -0.39 is 17.7 Å². The maximum Gasteiger partial charge on any atom is 0.313 e. The number of halogens is 2. The number of esters is 1. The summed E-state index contributed by atoms with van der Waals surface area (Å²) in [5, 5.41) is 0.567. The van der Waals surface area contributed by atoms with Gasteiger partial charge in [-0.05, 0) is 54.4 Å². The van der Waals surface area contributed by atoms with Gasteiger partial charge in [-0.3, -0.25) is 9.59 Å². The topological polar surface area (TPSA) is 52.6 Å². The number of fused-ring (bicyclic) bond motifs is 1. The standard InChI is InChI=1S/C18H14ClFO4/c19-14-3-6-17-12(8-14)7-13(9-23-17)18(22)24-10-16(21)11-1-4-15(20)5-2-11/h1-6,8,13H,7,9-10H2/t13-/m1/s1. The molecule has 0 bridgehead atoms. The van der Waals surface area contributed by atoms with Gasteiger partial charge in [0.05, 0.1) is 5.92 Å². The van der Waals surface area contributed by atoms with Crippen LogP contribution in [-0.2, 0) is 16.0 Å². The zero-order chi connectivity index (χ0) is 17.1. The first kappa shape index (κ1) is 16.5. The quantitative estimate of drug-likeness (QED) is 0.627. The molecule has 0 radical (unpaired) electrons. The van der Waals surface area contributed by atoms with E-state index in [4.69, 9.17) is 21.1 Å². The molecule has 124 valence electrons. The van der Waals surface area contributed by atoms with Crippen LogP contribution in [0.1, 0.15) is 15.9 Å². The Morgan fingerprint density at radius 3 is 2.71 bits per heavy atom.